The topological polar surface area (TPSA) is 43.7 Å². The van der Waals surface area contributed by atoms with E-state index in [0.29, 0.717) is 5.92 Å². The fourth-order valence-corrected chi connectivity index (χ4v) is 2.71. The van der Waals surface area contributed by atoms with E-state index in [1.54, 1.807) is 0 Å². The minimum Gasteiger partial charge on any atom is -0.394 e. The van der Waals surface area contributed by atoms with Gasteiger partial charge in [0.05, 0.1) is 19.3 Å². The van der Waals surface area contributed by atoms with Crippen molar-refractivity contribution in [2.75, 3.05) is 18.1 Å². The van der Waals surface area contributed by atoms with Crippen LogP contribution in [-0.4, -0.2) is 29.4 Å². The Morgan fingerprint density at radius 2 is 2.12 bits per heavy atom. The van der Waals surface area contributed by atoms with Crippen LogP contribution in [0.15, 0.2) is 18.2 Å². The average Bonchev–Trinajstić information content (AvgIpc) is 2.70. The molecule has 1 aromatic rings. The fourth-order valence-electron chi connectivity index (χ4n) is 2.71. The lowest BCUT2D eigenvalue weighted by atomic mass is 10.0. The molecule has 1 aliphatic rings. The van der Waals surface area contributed by atoms with Gasteiger partial charge in [-0.05, 0) is 25.3 Å². The number of rotatable bonds is 3. The smallest absolute Gasteiger partial charge is 0.0702 e. The van der Waals surface area contributed by atoms with Gasteiger partial charge in [-0.25, -0.2) is 0 Å². The van der Waals surface area contributed by atoms with Crippen LogP contribution in [0.4, 0.5) is 5.69 Å². The Balaban J connectivity index is 2.33. The summed E-state index contributed by atoms with van der Waals surface area (Å²) in [6.07, 6.45) is 1.10. The molecule has 2 N–H and O–H groups in total. The predicted octanol–water partition coefficient (Wildman–Crippen LogP) is 1.69. The van der Waals surface area contributed by atoms with Crippen LogP contribution in [0.5, 0.6) is 0 Å². The molecular weight excluding hydrogens is 214 g/mol. The summed E-state index contributed by atoms with van der Waals surface area (Å²) < 4.78 is 0. The molecule has 0 aromatic heterocycles. The fraction of sp³-hybridized carbons (Fsp3) is 0.571. The molecule has 1 aromatic carbocycles. The molecule has 0 radical (unpaired) electrons. The number of benzene rings is 1. The zero-order chi connectivity index (χ0) is 12.4. The SMILES string of the molecule is Cc1ccc(N2CCC(C)C2CO)c(CO)c1. The molecule has 2 atom stereocenters. The van der Waals surface area contributed by atoms with E-state index in [9.17, 15) is 10.2 Å². The van der Waals surface area contributed by atoms with Gasteiger partial charge < -0.3 is 15.1 Å². The maximum atomic E-state index is 9.48. The van der Waals surface area contributed by atoms with Crippen LogP contribution >= 0.6 is 0 Å². The minimum absolute atomic E-state index is 0.0556. The maximum Gasteiger partial charge on any atom is 0.0702 e. The van der Waals surface area contributed by atoms with Gasteiger partial charge in [0.1, 0.15) is 0 Å². The van der Waals surface area contributed by atoms with Crippen LogP contribution in [0.3, 0.4) is 0 Å². The molecule has 0 spiro atoms. The number of nitrogens with zero attached hydrogens (tertiary/aromatic N) is 1. The molecule has 3 heteroatoms. The summed E-state index contributed by atoms with van der Waals surface area (Å²) in [6, 6.07) is 6.32. The van der Waals surface area contributed by atoms with Crippen molar-refractivity contribution in [3.63, 3.8) is 0 Å². The zero-order valence-corrected chi connectivity index (χ0v) is 10.6. The Labute approximate surface area is 103 Å². The van der Waals surface area contributed by atoms with Crippen molar-refractivity contribution in [1.82, 2.24) is 0 Å². The molecule has 0 bridgehead atoms. The predicted molar refractivity (Wildman–Crippen MR) is 69.1 cm³/mol. The zero-order valence-electron chi connectivity index (χ0n) is 10.6. The first-order valence-electron chi connectivity index (χ1n) is 6.25. The van der Waals surface area contributed by atoms with Crippen LogP contribution in [-0.2, 0) is 6.61 Å². The second-order valence-electron chi connectivity index (χ2n) is 5.00. The third-order valence-corrected chi connectivity index (χ3v) is 3.78. The Morgan fingerprint density at radius 1 is 1.35 bits per heavy atom. The van der Waals surface area contributed by atoms with Crippen LogP contribution in [0.25, 0.3) is 0 Å². The van der Waals surface area contributed by atoms with Gasteiger partial charge in [-0.2, -0.15) is 0 Å². The lowest BCUT2D eigenvalue weighted by Crippen LogP contribution is -2.35. The van der Waals surface area contributed by atoms with Gasteiger partial charge >= 0.3 is 0 Å². The Kier molecular flexibility index (Phi) is 3.69. The van der Waals surface area contributed by atoms with Gasteiger partial charge in [-0.15, -0.1) is 0 Å². The largest absolute Gasteiger partial charge is 0.394 e. The normalized spacial score (nSPS) is 24.4. The second kappa shape index (κ2) is 5.07. The average molecular weight is 235 g/mol. The van der Waals surface area contributed by atoms with E-state index in [4.69, 9.17) is 0 Å². The molecule has 94 valence electrons. The lowest BCUT2D eigenvalue weighted by molar-refractivity contribution is 0.243. The van der Waals surface area contributed by atoms with Crippen LogP contribution < -0.4 is 4.90 Å². The number of anilines is 1. The third-order valence-electron chi connectivity index (χ3n) is 3.78. The summed E-state index contributed by atoms with van der Waals surface area (Å²) in [5.41, 5.74) is 3.18. The Bertz CT molecular complexity index is 392. The first kappa shape index (κ1) is 12.4. The van der Waals surface area contributed by atoms with E-state index in [-0.39, 0.29) is 19.3 Å². The van der Waals surface area contributed by atoms with Crippen LogP contribution in [0, 0.1) is 12.8 Å². The molecular formula is C14H21NO2. The first-order chi connectivity index (χ1) is 8.17. The van der Waals surface area contributed by atoms with Crippen molar-refractivity contribution >= 4 is 5.69 Å². The van der Waals surface area contributed by atoms with E-state index in [0.717, 1.165) is 29.8 Å². The summed E-state index contributed by atoms with van der Waals surface area (Å²) in [5.74, 6) is 0.507. The van der Waals surface area contributed by atoms with Gasteiger partial charge in [-0.1, -0.05) is 24.6 Å². The quantitative estimate of drug-likeness (QED) is 0.838. The molecule has 0 saturated carbocycles. The highest BCUT2D eigenvalue weighted by Crippen LogP contribution is 2.32. The Hall–Kier alpha value is -1.06. The van der Waals surface area contributed by atoms with Gasteiger partial charge in [-0.3, -0.25) is 0 Å². The molecule has 0 amide bonds. The summed E-state index contributed by atoms with van der Waals surface area (Å²) in [4.78, 5) is 2.23. The number of aryl methyl sites for hydroxylation is 1. The van der Waals surface area contributed by atoms with Crippen LogP contribution in [0.2, 0.25) is 0 Å². The lowest BCUT2D eigenvalue weighted by Gasteiger charge is -2.29. The third kappa shape index (κ3) is 2.31. The maximum absolute atomic E-state index is 9.48. The van der Waals surface area contributed by atoms with Gasteiger partial charge in [0.15, 0.2) is 0 Å². The van der Waals surface area contributed by atoms with E-state index in [2.05, 4.69) is 24.0 Å². The number of aliphatic hydroxyl groups is 2. The molecule has 0 aliphatic carbocycles. The van der Waals surface area contributed by atoms with Crippen molar-refractivity contribution in [3.8, 4) is 0 Å². The first-order valence-corrected chi connectivity index (χ1v) is 6.25. The van der Waals surface area contributed by atoms with E-state index in [1.165, 1.54) is 0 Å². The number of hydrogen-bond acceptors (Lipinski definition) is 3. The van der Waals surface area contributed by atoms with E-state index in [1.807, 2.05) is 13.0 Å². The molecule has 1 heterocycles. The second-order valence-corrected chi connectivity index (χ2v) is 5.00. The highest BCUT2D eigenvalue weighted by atomic mass is 16.3. The van der Waals surface area contributed by atoms with E-state index >= 15 is 0 Å². The van der Waals surface area contributed by atoms with Crippen molar-refractivity contribution < 1.29 is 10.2 Å². The van der Waals surface area contributed by atoms with Gasteiger partial charge in [0.2, 0.25) is 0 Å². The summed E-state index contributed by atoms with van der Waals surface area (Å²) in [6.45, 7) is 5.40. The molecule has 1 fully saturated rings. The number of aliphatic hydroxyl groups excluding tert-OH is 2. The molecule has 17 heavy (non-hydrogen) atoms. The highest BCUT2D eigenvalue weighted by Gasteiger charge is 2.31. The molecule has 2 rings (SSSR count). The number of hydrogen-bond donors (Lipinski definition) is 2. The summed E-state index contributed by atoms with van der Waals surface area (Å²) in [7, 11) is 0. The van der Waals surface area contributed by atoms with Crippen molar-refractivity contribution in [3.05, 3.63) is 29.3 Å². The van der Waals surface area contributed by atoms with Gasteiger partial charge in [0, 0.05) is 17.8 Å². The van der Waals surface area contributed by atoms with Gasteiger partial charge in [0.25, 0.3) is 0 Å². The molecule has 2 unspecified atom stereocenters. The highest BCUT2D eigenvalue weighted by molar-refractivity contribution is 5.56. The monoisotopic (exact) mass is 235 g/mol. The van der Waals surface area contributed by atoms with Crippen molar-refractivity contribution in [2.45, 2.75) is 32.9 Å². The standard InChI is InChI=1S/C14H21NO2/c1-10-3-4-13(12(7-10)8-16)15-6-5-11(2)14(15)9-17/h3-4,7,11,14,16-17H,5-6,8-9H2,1-2H3. The minimum atomic E-state index is 0.0556. The molecule has 3 nitrogen and oxygen atoms in total. The van der Waals surface area contributed by atoms with E-state index < -0.39 is 0 Å². The van der Waals surface area contributed by atoms with Crippen LogP contribution in [0.1, 0.15) is 24.5 Å². The summed E-state index contributed by atoms with van der Waals surface area (Å²) in [5, 5.41) is 18.9. The van der Waals surface area contributed by atoms with Crippen molar-refractivity contribution in [1.29, 1.82) is 0 Å². The molecule has 1 aliphatic heterocycles. The summed E-state index contributed by atoms with van der Waals surface area (Å²) >= 11 is 0. The molecule has 1 saturated heterocycles. The Morgan fingerprint density at radius 3 is 2.76 bits per heavy atom. The van der Waals surface area contributed by atoms with Crippen molar-refractivity contribution in [2.24, 2.45) is 5.92 Å².